The van der Waals surface area contributed by atoms with E-state index in [1.165, 1.54) is 7.11 Å². The molecule has 1 heterocycles. The molecule has 1 aromatic carbocycles. The Labute approximate surface area is 112 Å². The Kier molecular flexibility index (Phi) is 4.36. The maximum atomic E-state index is 11.6. The number of ether oxygens (including phenoxy) is 1. The Hall–Kier alpha value is -2.07. The number of nitrogens with one attached hydrogen (secondary N) is 1. The third-order valence-electron chi connectivity index (χ3n) is 2.99. The molecule has 2 aromatic rings. The monoisotopic (exact) mass is 259 g/mol. The Balaban J connectivity index is 2.05. The summed E-state index contributed by atoms with van der Waals surface area (Å²) in [5, 5.41) is 3.32. The fraction of sp³-hybridized carbons (Fsp3) is 0.267. The second-order valence-corrected chi connectivity index (χ2v) is 4.27. The van der Waals surface area contributed by atoms with Crippen LogP contribution in [0, 0.1) is 0 Å². The minimum absolute atomic E-state index is 0.0840. The summed E-state index contributed by atoms with van der Waals surface area (Å²) in [5.74, 6) is 0.554. The summed E-state index contributed by atoms with van der Waals surface area (Å²) in [6.07, 6.45) is 1.65. The number of methoxy groups -OCH3 is 1. The third kappa shape index (κ3) is 3.23. The minimum Gasteiger partial charge on any atom is -0.468 e. The van der Waals surface area contributed by atoms with Gasteiger partial charge in [0.2, 0.25) is 0 Å². The molecular weight excluding hydrogens is 242 g/mol. The predicted octanol–water partition coefficient (Wildman–Crippen LogP) is 2.92. The third-order valence-corrected chi connectivity index (χ3v) is 2.99. The van der Waals surface area contributed by atoms with Crippen LogP contribution >= 0.6 is 0 Å². The lowest BCUT2D eigenvalue weighted by Gasteiger charge is -2.13. The molecule has 1 unspecified atom stereocenters. The highest BCUT2D eigenvalue weighted by atomic mass is 16.5. The molecule has 0 aliphatic carbocycles. The van der Waals surface area contributed by atoms with E-state index in [1.807, 2.05) is 37.3 Å². The molecule has 1 atom stereocenters. The first kappa shape index (κ1) is 13.4. The Morgan fingerprint density at radius 1 is 1.32 bits per heavy atom. The van der Waals surface area contributed by atoms with Crippen molar-refractivity contribution in [1.82, 2.24) is 5.32 Å². The SMILES string of the molecule is COC(=O)c1ccccc1CNC(C)c1ccco1. The first-order chi connectivity index (χ1) is 9.22. The second kappa shape index (κ2) is 6.20. The van der Waals surface area contributed by atoms with E-state index in [2.05, 4.69) is 5.32 Å². The van der Waals surface area contributed by atoms with E-state index in [9.17, 15) is 4.79 Å². The number of rotatable bonds is 5. The first-order valence-corrected chi connectivity index (χ1v) is 6.15. The number of furan rings is 1. The zero-order valence-electron chi connectivity index (χ0n) is 11.1. The van der Waals surface area contributed by atoms with Crippen LogP contribution in [0.2, 0.25) is 0 Å². The van der Waals surface area contributed by atoms with Crippen molar-refractivity contribution in [3.05, 3.63) is 59.5 Å². The standard InChI is InChI=1S/C15H17NO3/c1-11(14-8-5-9-19-14)16-10-12-6-3-4-7-13(12)15(17)18-2/h3-9,11,16H,10H2,1-2H3. The van der Waals surface area contributed by atoms with Crippen molar-refractivity contribution in [3.63, 3.8) is 0 Å². The van der Waals surface area contributed by atoms with Gasteiger partial charge in [0.1, 0.15) is 5.76 Å². The van der Waals surface area contributed by atoms with Gasteiger partial charge in [-0.25, -0.2) is 4.79 Å². The van der Waals surface area contributed by atoms with Crippen LogP contribution in [0.25, 0.3) is 0 Å². The van der Waals surface area contributed by atoms with E-state index in [4.69, 9.17) is 9.15 Å². The highest BCUT2D eigenvalue weighted by Gasteiger charge is 2.12. The van der Waals surface area contributed by atoms with E-state index < -0.39 is 0 Å². The molecular formula is C15H17NO3. The van der Waals surface area contributed by atoms with Gasteiger partial charge >= 0.3 is 5.97 Å². The summed E-state index contributed by atoms with van der Waals surface area (Å²) in [7, 11) is 1.39. The van der Waals surface area contributed by atoms with Gasteiger partial charge in [-0.1, -0.05) is 18.2 Å². The number of hydrogen-bond donors (Lipinski definition) is 1. The number of carbonyl (C=O) groups is 1. The maximum absolute atomic E-state index is 11.6. The summed E-state index contributed by atoms with van der Waals surface area (Å²) >= 11 is 0. The molecule has 4 nitrogen and oxygen atoms in total. The van der Waals surface area contributed by atoms with Crippen molar-refractivity contribution in [2.45, 2.75) is 19.5 Å². The molecule has 2 rings (SSSR count). The lowest BCUT2D eigenvalue weighted by atomic mass is 10.1. The van der Waals surface area contributed by atoms with Gasteiger partial charge in [-0.2, -0.15) is 0 Å². The largest absolute Gasteiger partial charge is 0.468 e. The number of carbonyl (C=O) groups excluding carboxylic acids is 1. The van der Waals surface area contributed by atoms with Crippen molar-refractivity contribution in [2.24, 2.45) is 0 Å². The number of benzene rings is 1. The molecule has 0 radical (unpaired) electrons. The number of hydrogen-bond acceptors (Lipinski definition) is 4. The van der Waals surface area contributed by atoms with Crippen molar-refractivity contribution in [3.8, 4) is 0 Å². The van der Waals surface area contributed by atoms with Crippen LogP contribution in [-0.2, 0) is 11.3 Å². The van der Waals surface area contributed by atoms with Crippen LogP contribution in [-0.4, -0.2) is 13.1 Å². The smallest absolute Gasteiger partial charge is 0.338 e. The van der Waals surface area contributed by atoms with E-state index in [0.717, 1.165) is 11.3 Å². The molecule has 0 fully saturated rings. The number of esters is 1. The van der Waals surface area contributed by atoms with Crippen LogP contribution in [0.15, 0.2) is 47.1 Å². The fourth-order valence-electron chi connectivity index (χ4n) is 1.88. The van der Waals surface area contributed by atoms with Gasteiger partial charge in [-0.15, -0.1) is 0 Å². The van der Waals surface area contributed by atoms with Gasteiger partial charge in [0.15, 0.2) is 0 Å². The lowest BCUT2D eigenvalue weighted by Crippen LogP contribution is -2.19. The molecule has 100 valence electrons. The Bertz CT molecular complexity index is 534. The molecule has 0 aliphatic rings. The average Bonchev–Trinajstić information content (AvgIpc) is 2.98. The molecule has 4 heteroatoms. The zero-order valence-corrected chi connectivity index (χ0v) is 11.1. The van der Waals surface area contributed by atoms with E-state index in [1.54, 1.807) is 12.3 Å². The molecule has 1 N–H and O–H groups in total. The second-order valence-electron chi connectivity index (χ2n) is 4.27. The zero-order chi connectivity index (χ0) is 13.7. The van der Waals surface area contributed by atoms with Gasteiger partial charge in [-0.3, -0.25) is 0 Å². The average molecular weight is 259 g/mol. The van der Waals surface area contributed by atoms with Crippen LogP contribution in [0.4, 0.5) is 0 Å². The van der Waals surface area contributed by atoms with Crippen LogP contribution in [0.1, 0.15) is 34.6 Å². The molecule has 0 saturated heterocycles. The van der Waals surface area contributed by atoms with Gasteiger partial charge < -0.3 is 14.5 Å². The highest BCUT2D eigenvalue weighted by molar-refractivity contribution is 5.90. The molecule has 0 bridgehead atoms. The normalized spacial score (nSPS) is 12.1. The quantitative estimate of drug-likeness (QED) is 0.839. The van der Waals surface area contributed by atoms with Crippen molar-refractivity contribution >= 4 is 5.97 Å². The van der Waals surface area contributed by atoms with Crippen molar-refractivity contribution in [2.75, 3.05) is 7.11 Å². The van der Waals surface area contributed by atoms with Gasteiger partial charge in [0, 0.05) is 6.54 Å². The summed E-state index contributed by atoms with van der Waals surface area (Å²) in [4.78, 5) is 11.6. The molecule has 0 spiro atoms. The maximum Gasteiger partial charge on any atom is 0.338 e. The van der Waals surface area contributed by atoms with E-state index in [0.29, 0.717) is 12.1 Å². The highest BCUT2D eigenvalue weighted by Crippen LogP contribution is 2.15. The molecule has 1 aromatic heterocycles. The summed E-state index contributed by atoms with van der Waals surface area (Å²) < 4.78 is 10.1. The molecule has 19 heavy (non-hydrogen) atoms. The van der Waals surface area contributed by atoms with Crippen LogP contribution < -0.4 is 5.32 Å². The van der Waals surface area contributed by atoms with E-state index in [-0.39, 0.29) is 12.0 Å². The van der Waals surface area contributed by atoms with Crippen molar-refractivity contribution < 1.29 is 13.9 Å². The van der Waals surface area contributed by atoms with Crippen LogP contribution in [0.5, 0.6) is 0 Å². The lowest BCUT2D eigenvalue weighted by molar-refractivity contribution is 0.0599. The van der Waals surface area contributed by atoms with Gasteiger partial charge in [0.05, 0.1) is 25.0 Å². The topological polar surface area (TPSA) is 51.5 Å². The van der Waals surface area contributed by atoms with Gasteiger partial charge in [0.25, 0.3) is 0 Å². The van der Waals surface area contributed by atoms with Crippen LogP contribution in [0.3, 0.4) is 0 Å². The predicted molar refractivity (Wildman–Crippen MR) is 71.7 cm³/mol. The van der Waals surface area contributed by atoms with Gasteiger partial charge in [-0.05, 0) is 30.7 Å². The Morgan fingerprint density at radius 3 is 2.79 bits per heavy atom. The summed E-state index contributed by atoms with van der Waals surface area (Å²) in [5.41, 5.74) is 1.50. The Morgan fingerprint density at radius 2 is 2.11 bits per heavy atom. The molecule has 0 amide bonds. The summed E-state index contributed by atoms with van der Waals surface area (Å²) in [6.45, 7) is 2.59. The van der Waals surface area contributed by atoms with E-state index >= 15 is 0 Å². The molecule has 0 aliphatic heterocycles. The minimum atomic E-state index is -0.317. The van der Waals surface area contributed by atoms with Crippen molar-refractivity contribution in [1.29, 1.82) is 0 Å². The molecule has 0 saturated carbocycles. The summed E-state index contributed by atoms with van der Waals surface area (Å²) in [6, 6.07) is 11.3. The first-order valence-electron chi connectivity index (χ1n) is 6.15. The fourth-order valence-corrected chi connectivity index (χ4v) is 1.88.